The molecule has 1 aliphatic rings. The maximum absolute atomic E-state index is 13.4. The fraction of sp³-hybridized carbons (Fsp3) is 0.258. The molecule has 2 heterocycles. The van der Waals surface area contributed by atoms with E-state index in [1.807, 2.05) is 11.0 Å². The van der Waals surface area contributed by atoms with E-state index in [1.54, 1.807) is 35.9 Å². The van der Waals surface area contributed by atoms with E-state index in [-0.39, 0.29) is 17.7 Å². The number of aromatic carboxylic acids is 1. The Kier molecular flexibility index (Phi) is 8.06. The summed E-state index contributed by atoms with van der Waals surface area (Å²) in [5.41, 5.74) is 3.33. The summed E-state index contributed by atoms with van der Waals surface area (Å²) < 4.78 is 1.62. The predicted octanol–water partition coefficient (Wildman–Crippen LogP) is 4.25. The topological polar surface area (TPSA) is 81.9 Å². The lowest BCUT2D eigenvalue weighted by molar-refractivity contribution is 0.0697. The predicted molar refractivity (Wildman–Crippen MR) is 159 cm³/mol. The molecule has 1 aliphatic heterocycles. The van der Waals surface area contributed by atoms with Crippen LogP contribution in [0.1, 0.15) is 21.7 Å². The minimum atomic E-state index is -0.996. The van der Waals surface area contributed by atoms with E-state index in [9.17, 15) is 14.7 Å². The van der Waals surface area contributed by atoms with Crippen LogP contribution in [-0.2, 0) is 20.1 Å². The number of piperazine rings is 1. The normalized spacial score (nSPS) is 13.8. The van der Waals surface area contributed by atoms with Gasteiger partial charge in [0.15, 0.2) is 0 Å². The lowest BCUT2D eigenvalue weighted by Crippen LogP contribution is -2.46. The molecule has 0 saturated carbocycles. The van der Waals surface area contributed by atoms with Gasteiger partial charge in [0.05, 0.1) is 29.6 Å². The van der Waals surface area contributed by atoms with Crippen LogP contribution < -0.4 is 15.4 Å². The zero-order valence-electron chi connectivity index (χ0n) is 22.3. The maximum atomic E-state index is 13.4. The highest BCUT2D eigenvalue weighted by atomic mass is 35.5. The molecule has 40 heavy (non-hydrogen) atoms. The monoisotopic (exact) mass is 555 g/mol. The molecule has 4 aromatic rings. The first-order valence-electron chi connectivity index (χ1n) is 13.1. The Hall–Kier alpha value is -4.32. The molecule has 1 N–H and O–H groups in total. The minimum Gasteiger partial charge on any atom is -0.478 e. The summed E-state index contributed by atoms with van der Waals surface area (Å²) >= 11 is 6.69. The van der Waals surface area contributed by atoms with Crippen LogP contribution >= 0.6 is 11.6 Å². The number of aromatic nitrogens is 2. The smallest absolute Gasteiger partial charge is 0.335 e. The molecule has 1 saturated heterocycles. The summed E-state index contributed by atoms with van der Waals surface area (Å²) in [4.78, 5) is 36.1. The van der Waals surface area contributed by atoms with Gasteiger partial charge in [-0.15, -0.1) is 6.42 Å². The van der Waals surface area contributed by atoms with Crippen LogP contribution in [-0.4, -0.2) is 58.3 Å². The zero-order valence-corrected chi connectivity index (χ0v) is 23.0. The number of hydrogen-bond donors (Lipinski definition) is 1. The summed E-state index contributed by atoms with van der Waals surface area (Å²) in [6.45, 7) is 4.78. The van der Waals surface area contributed by atoms with Crippen molar-refractivity contribution in [2.24, 2.45) is 7.05 Å². The molecule has 8 nitrogen and oxygen atoms in total. The molecule has 0 aliphatic carbocycles. The Balaban J connectivity index is 1.35. The number of nitrogens with zero attached hydrogens (tertiary/aromatic N) is 5. The number of rotatable bonds is 8. The van der Waals surface area contributed by atoms with Crippen LogP contribution in [0.3, 0.4) is 0 Å². The first kappa shape index (κ1) is 27.3. The van der Waals surface area contributed by atoms with E-state index in [2.05, 4.69) is 40.0 Å². The number of para-hydroxylation sites is 1. The van der Waals surface area contributed by atoms with Gasteiger partial charge in [-0.05, 0) is 54.1 Å². The molecular weight excluding hydrogens is 526 g/mol. The Labute approximate surface area is 238 Å². The van der Waals surface area contributed by atoms with E-state index < -0.39 is 5.97 Å². The van der Waals surface area contributed by atoms with Crippen molar-refractivity contribution in [3.8, 4) is 12.3 Å². The summed E-state index contributed by atoms with van der Waals surface area (Å²) in [6.07, 6.45) is 5.61. The standard InChI is InChI=1S/C31H30ClN5O3/c1-3-13-37(25-11-9-22(10-12-25)31(39)40)20-23-18-26-28(19-27(23)32)33-29(34(2)30(26)38)21-35-14-16-36(17-15-35)24-7-5-4-6-8-24/h1,4-12,18-19H,13-17,20-21H2,2H3,(H,39,40). The van der Waals surface area contributed by atoms with Crippen molar-refractivity contribution >= 4 is 39.8 Å². The highest BCUT2D eigenvalue weighted by Crippen LogP contribution is 2.26. The highest BCUT2D eigenvalue weighted by Gasteiger charge is 2.20. The largest absolute Gasteiger partial charge is 0.478 e. The maximum Gasteiger partial charge on any atom is 0.335 e. The average molecular weight is 556 g/mol. The SMILES string of the molecule is C#CCN(Cc1cc2c(=O)n(C)c(CN3CCN(c4ccccc4)CC3)nc2cc1Cl)c1ccc(C(=O)O)cc1. The van der Waals surface area contributed by atoms with Gasteiger partial charge in [0.1, 0.15) is 5.82 Å². The van der Waals surface area contributed by atoms with E-state index in [0.717, 1.165) is 37.4 Å². The van der Waals surface area contributed by atoms with Gasteiger partial charge in [0.25, 0.3) is 5.56 Å². The van der Waals surface area contributed by atoms with Gasteiger partial charge in [-0.1, -0.05) is 35.7 Å². The van der Waals surface area contributed by atoms with Crippen molar-refractivity contribution in [3.63, 3.8) is 0 Å². The number of terminal acetylenes is 1. The first-order chi connectivity index (χ1) is 19.3. The molecule has 0 unspecified atom stereocenters. The first-order valence-corrected chi connectivity index (χ1v) is 13.4. The molecule has 9 heteroatoms. The van der Waals surface area contributed by atoms with Crippen molar-refractivity contribution < 1.29 is 9.90 Å². The molecule has 5 rings (SSSR count). The number of fused-ring (bicyclic) bond motifs is 1. The van der Waals surface area contributed by atoms with Gasteiger partial charge in [0.2, 0.25) is 0 Å². The van der Waals surface area contributed by atoms with Crippen LogP contribution in [0.5, 0.6) is 0 Å². The van der Waals surface area contributed by atoms with Crippen molar-refractivity contribution in [1.29, 1.82) is 0 Å². The third kappa shape index (κ3) is 5.81. The molecule has 204 valence electrons. The Morgan fingerprint density at radius 3 is 2.42 bits per heavy atom. The summed E-state index contributed by atoms with van der Waals surface area (Å²) in [7, 11) is 1.76. The average Bonchev–Trinajstić information content (AvgIpc) is 2.97. The molecule has 0 amide bonds. The zero-order chi connectivity index (χ0) is 28.2. The quantitative estimate of drug-likeness (QED) is 0.326. The third-order valence-electron chi connectivity index (χ3n) is 7.32. The molecule has 3 aromatic carbocycles. The van der Waals surface area contributed by atoms with Crippen molar-refractivity contribution in [2.75, 3.05) is 42.5 Å². The molecule has 0 bridgehead atoms. The van der Waals surface area contributed by atoms with Crippen LogP contribution in [0.4, 0.5) is 11.4 Å². The second-order valence-corrected chi connectivity index (χ2v) is 10.3. The number of halogens is 1. The van der Waals surface area contributed by atoms with Gasteiger partial charge < -0.3 is 14.9 Å². The van der Waals surface area contributed by atoms with E-state index in [0.29, 0.717) is 34.8 Å². The fourth-order valence-electron chi connectivity index (χ4n) is 5.02. The molecule has 0 radical (unpaired) electrons. The molecule has 0 spiro atoms. The van der Waals surface area contributed by atoms with Crippen LogP contribution in [0.25, 0.3) is 10.9 Å². The fourth-order valence-corrected chi connectivity index (χ4v) is 5.24. The van der Waals surface area contributed by atoms with Crippen molar-refractivity contribution in [1.82, 2.24) is 14.5 Å². The van der Waals surface area contributed by atoms with Gasteiger partial charge in [0, 0.05) is 56.2 Å². The van der Waals surface area contributed by atoms with Crippen LogP contribution in [0.2, 0.25) is 5.02 Å². The lowest BCUT2D eigenvalue weighted by atomic mass is 10.1. The molecule has 0 atom stereocenters. The van der Waals surface area contributed by atoms with E-state index in [1.165, 1.54) is 17.8 Å². The highest BCUT2D eigenvalue weighted by molar-refractivity contribution is 6.32. The Bertz CT molecular complexity index is 1620. The van der Waals surface area contributed by atoms with Crippen LogP contribution in [0.15, 0.2) is 71.5 Å². The third-order valence-corrected chi connectivity index (χ3v) is 7.67. The number of anilines is 2. The Morgan fingerprint density at radius 2 is 1.77 bits per heavy atom. The van der Waals surface area contributed by atoms with E-state index >= 15 is 0 Å². The van der Waals surface area contributed by atoms with Crippen LogP contribution in [0, 0.1) is 12.3 Å². The summed E-state index contributed by atoms with van der Waals surface area (Å²) in [5, 5.41) is 10.2. The number of benzene rings is 3. The Morgan fingerprint density at radius 1 is 1.07 bits per heavy atom. The summed E-state index contributed by atoms with van der Waals surface area (Å²) in [5.74, 6) is 2.34. The second kappa shape index (κ2) is 11.8. The number of carboxylic acids is 1. The van der Waals surface area contributed by atoms with E-state index in [4.69, 9.17) is 23.0 Å². The number of carboxylic acid groups (broad SMARTS) is 1. The lowest BCUT2D eigenvalue weighted by Gasteiger charge is -2.36. The van der Waals surface area contributed by atoms with Gasteiger partial charge >= 0.3 is 5.97 Å². The number of hydrogen-bond acceptors (Lipinski definition) is 6. The molecule has 1 aromatic heterocycles. The van der Waals surface area contributed by atoms with Gasteiger partial charge in [-0.3, -0.25) is 14.3 Å². The minimum absolute atomic E-state index is 0.129. The van der Waals surface area contributed by atoms with Gasteiger partial charge in [-0.2, -0.15) is 0 Å². The molecular formula is C31H30ClN5O3. The second-order valence-electron chi connectivity index (χ2n) is 9.86. The van der Waals surface area contributed by atoms with Crippen molar-refractivity contribution in [3.05, 3.63) is 99.1 Å². The van der Waals surface area contributed by atoms with Gasteiger partial charge in [-0.25, -0.2) is 9.78 Å². The summed E-state index contributed by atoms with van der Waals surface area (Å²) in [6, 6.07) is 20.4. The number of carbonyl (C=O) groups is 1. The van der Waals surface area contributed by atoms with Crippen molar-refractivity contribution in [2.45, 2.75) is 13.1 Å². The molecule has 1 fully saturated rings.